The number of benzene rings is 2. The summed E-state index contributed by atoms with van der Waals surface area (Å²) in [5, 5.41) is 0. The van der Waals surface area contributed by atoms with Gasteiger partial charge in [-0.25, -0.2) is 22.8 Å². The lowest BCUT2D eigenvalue weighted by Gasteiger charge is -2.26. The third-order valence-corrected chi connectivity index (χ3v) is 7.92. The lowest BCUT2D eigenvalue weighted by atomic mass is 10.0. The van der Waals surface area contributed by atoms with Gasteiger partial charge in [0.1, 0.15) is 17.5 Å². The summed E-state index contributed by atoms with van der Waals surface area (Å²) in [4.78, 5) is 11.7. The topological polar surface area (TPSA) is 66.4 Å². The number of sulfonamides is 1. The fraction of sp³-hybridized carbons (Fsp3) is 0.360. The van der Waals surface area contributed by atoms with Crippen molar-refractivity contribution in [3.63, 3.8) is 0 Å². The summed E-state index contributed by atoms with van der Waals surface area (Å²) in [7, 11) is -3.68. The standard InChI is InChI=1S/C25H29FN4O2S/c1-18-5-7-21(8-6-18)17-24-19(2)27-20(3)28-25(24)29-13-4-14-30(16-15-29)33(31,32)23-11-9-22(26)10-12-23/h5-12H,4,13-17H2,1-3H3. The van der Waals surface area contributed by atoms with E-state index in [0.717, 1.165) is 23.5 Å². The van der Waals surface area contributed by atoms with Crippen LogP contribution in [0.1, 0.15) is 34.6 Å². The Balaban J connectivity index is 1.59. The van der Waals surface area contributed by atoms with Crippen LogP contribution in [0.5, 0.6) is 0 Å². The Kier molecular flexibility index (Phi) is 6.76. The van der Waals surface area contributed by atoms with Gasteiger partial charge in [0.2, 0.25) is 10.0 Å². The lowest BCUT2D eigenvalue weighted by Crippen LogP contribution is -2.35. The highest BCUT2D eigenvalue weighted by atomic mass is 32.2. The van der Waals surface area contributed by atoms with Crippen molar-refractivity contribution < 1.29 is 12.8 Å². The Morgan fingerprint density at radius 3 is 2.27 bits per heavy atom. The number of nitrogens with zero attached hydrogens (tertiary/aromatic N) is 4. The highest BCUT2D eigenvalue weighted by molar-refractivity contribution is 7.89. The molecule has 1 fully saturated rings. The van der Waals surface area contributed by atoms with Crippen molar-refractivity contribution in [1.29, 1.82) is 0 Å². The molecule has 174 valence electrons. The summed E-state index contributed by atoms with van der Waals surface area (Å²) in [6, 6.07) is 13.5. The van der Waals surface area contributed by atoms with E-state index in [1.807, 2.05) is 13.8 Å². The van der Waals surface area contributed by atoms with E-state index in [-0.39, 0.29) is 4.90 Å². The summed E-state index contributed by atoms with van der Waals surface area (Å²) < 4.78 is 41.0. The average molecular weight is 469 g/mol. The summed E-state index contributed by atoms with van der Waals surface area (Å²) in [5.41, 5.74) is 4.41. The van der Waals surface area contributed by atoms with E-state index < -0.39 is 15.8 Å². The molecule has 0 amide bonds. The highest BCUT2D eigenvalue weighted by Gasteiger charge is 2.28. The van der Waals surface area contributed by atoms with Gasteiger partial charge in [0.15, 0.2) is 0 Å². The van der Waals surface area contributed by atoms with E-state index in [4.69, 9.17) is 4.98 Å². The van der Waals surface area contributed by atoms with Crippen molar-refractivity contribution in [2.75, 3.05) is 31.1 Å². The molecule has 6 nitrogen and oxygen atoms in total. The maximum atomic E-state index is 13.3. The van der Waals surface area contributed by atoms with Crippen LogP contribution in [0.2, 0.25) is 0 Å². The lowest BCUT2D eigenvalue weighted by molar-refractivity contribution is 0.433. The van der Waals surface area contributed by atoms with Gasteiger partial charge < -0.3 is 4.90 Å². The molecule has 0 aliphatic carbocycles. The zero-order valence-corrected chi connectivity index (χ0v) is 20.1. The van der Waals surface area contributed by atoms with Crippen LogP contribution < -0.4 is 4.90 Å². The normalized spacial score (nSPS) is 15.5. The smallest absolute Gasteiger partial charge is 0.243 e. The molecule has 0 radical (unpaired) electrons. The predicted octanol–water partition coefficient (Wildman–Crippen LogP) is 4.03. The Labute approximate surface area is 195 Å². The number of aromatic nitrogens is 2. The fourth-order valence-corrected chi connectivity index (χ4v) is 5.67. The molecular formula is C25H29FN4O2S. The molecule has 2 heterocycles. The van der Waals surface area contributed by atoms with Gasteiger partial charge >= 0.3 is 0 Å². The Morgan fingerprint density at radius 2 is 1.58 bits per heavy atom. The summed E-state index contributed by atoms with van der Waals surface area (Å²) in [5.74, 6) is 1.13. The first-order chi connectivity index (χ1) is 15.7. The minimum atomic E-state index is -3.68. The van der Waals surface area contributed by atoms with Gasteiger partial charge in [-0.2, -0.15) is 4.31 Å². The van der Waals surface area contributed by atoms with Crippen molar-refractivity contribution in [3.8, 4) is 0 Å². The maximum absolute atomic E-state index is 13.3. The van der Waals surface area contributed by atoms with E-state index >= 15 is 0 Å². The third-order valence-electron chi connectivity index (χ3n) is 6.01. The molecule has 33 heavy (non-hydrogen) atoms. The van der Waals surface area contributed by atoms with Crippen molar-refractivity contribution in [2.45, 2.75) is 38.5 Å². The highest BCUT2D eigenvalue weighted by Crippen LogP contribution is 2.26. The molecule has 0 atom stereocenters. The molecule has 4 rings (SSSR count). The molecule has 1 aliphatic heterocycles. The largest absolute Gasteiger partial charge is 0.355 e. The molecule has 0 spiro atoms. The summed E-state index contributed by atoms with van der Waals surface area (Å²) in [6.45, 7) is 7.93. The molecule has 1 aromatic heterocycles. The van der Waals surface area contributed by atoms with Gasteiger partial charge in [-0.05, 0) is 57.0 Å². The van der Waals surface area contributed by atoms with Gasteiger partial charge in [-0.15, -0.1) is 0 Å². The molecule has 1 saturated heterocycles. The number of rotatable bonds is 5. The SMILES string of the molecule is Cc1ccc(Cc2c(C)nc(C)nc2N2CCCN(S(=O)(=O)c3ccc(F)cc3)CC2)cc1. The number of hydrogen-bond donors (Lipinski definition) is 0. The van der Waals surface area contributed by atoms with E-state index in [1.165, 1.54) is 39.7 Å². The van der Waals surface area contributed by atoms with Crippen molar-refractivity contribution in [1.82, 2.24) is 14.3 Å². The Hall–Kier alpha value is -2.84. The number of hydrogen-bond acceptors (Lipinski definition) is 5. The van der Waals surface area contributed by atoms with E-state index in [1.54, 1.807) is 0 Å². The molecule has 0 saturated carbocycles. The second kappa shape index (κ2) is 9.57. The first kappa shape index (κ1) is 23.3. The summed E-state index contributed by atoms with van der Waals surface area (Å²) in [6.07, 6.45) is 1.39. The minimum Gasteiger partial charge on any atom is -0.355 e. The van der Waals surface area contributed by atoms with Crippen LogP contribution in [-0.4, -0.2) is 48.9 Å². The fourth-order valence-electron chi connectivity index (χ4n) is 4.20. The van der Waals surface area contributed by atoms with Crippen LogP contribution in [-0.2, 0) is 16.4 Å². The zero-order chi connectivity index (χ0) is 23.6. The van der Waals surface area contributed by atoms with Gasteiger partial charge in [0.25, 0.3) is 0 Å². The van der Waals surface area contributed by atoms with Crippen LogP contribution in [0.25, 0.3) is 0 Å². The molecule has 3 aromatic rings. The predicted molar refractivity (Wildman–Crippen MR) is 127 cm³/mol. The second-order valence-corrected chi connectivity index (χ2v) is 10.5. The van der Waals surface area contributed by atoms with Gasteiger partial charge in [-0.1, -0.05) is 29.8 Å². The number of aryl methyl sites for hydroxylation is 3. The van der Waals surface area contributed by atoms with E-state index in [2.05, 4.69) is 41.1 Å². The molecule has 8 heteroatoms. The second-order valence-electron chi connectivity index (χ2n) is 8.52. The summed E-state index contributed by atoms with van der Waals surface area (Å²) >= 11 is 0. The monoisotopic (exact) mass is 468 g/mol. The zero-order valence-electron chi connectivity index (χ0n) is 19.3. The number of halogens is 1. The van der Waals surface area contributed by atoms with Gasteiger partial charge in [0, 0.05) is 43.9 Å². The van der Waals surface area contributed by atoms with Crippen LogP contribution >= 0.6 is 0 Å². The average Bonchev–Trinajstić information content (AvgIpc) is 3.04. The molecule has 0 unspecified atom stereocenters. The van der Waals surface area contributed by atoms with Crippen LogP contribution in [0.4, 0.5) is 10.2 Å². The molecule has 0 bridgehead atoms. The Morgan fingerprint density at radius 1 is 0.879 bits per heavy atom. The minimum absolute atomic E-state index is 0.117. The molecule has 2 aromatic carbocycles. The quantitative estimate of drug-likeness (QED) is 0.566. The Bertz CT molecular complexity index is 1230. The van der Waals surface area contributed by atoms with Crippen LogP contribution in [0, 0.1) is 26.6 Å². The third kappa shape index (κ3) is 5.23. The van der Waals surface area contributed by atoms with Crippen molar-refractivity contribution in [3.05, 3.63) is 82.6 Å². The maximum Gasteiger partial charge on any atom is 0.243 e. The van der Waals surface area contributed by atoms with Gasteiger partial charge in [-0.3, -0.25) is 0 Å². The van der Waals surface area contributed by atoms with Crippen LogP contribution in [0.3, 0.4) is 0 Å². The molecular weight excluding hydrogens is 439 g/mol. The molecule has 1 aliphatic rings. The first-order valence-electron chi connectivity index (χ1n) is 11.1. The van der Waals surface area contributed by atoms with E-state index in [9.17, 15) is 12.8 Å². The van der Waals surface area contributed by atoms with Crippen LogP contribution in [0.15, 0.2) is 53.4 Å². The number of anilines is 1. The van der Waals surface area contributed by atoms with Gasteiger partial charge in [0.05, 0.1) is 4.90 Å². The van der Waals surface area contributed by atoms with Crippen molar-refractivity contribution in [2.24, 2.45) is 0 Å². The van der Waals surface area contributed by atoms with E-state index in [0.29, 0.717) is 38.4 Å². The molecule has 0 N–H and O–H groups in total. The van der Waals surface area contributed by atoms with Crippen molar-refractivity contribution >= 4 is 15.8 Å². The first-order valence-corrected chi connectivity index (χ1v) is 12.6.